The Kier molecular flexibility index (Phi) is 10.2. The number of hydrogen-bond acceptors (Lipinski definition) is 12. The molecule has 2 saturated heterocycles. The molecular weight excluding hydrogens is 684 g/mol. The van der Waals surface area contributed by atoms with Crippen LogP contribution in [-0.4, -0.2) is 116 Å². The standard InChI is InChI=1S/C41H66O12/c1-36(2)14-16-41(35(49)53-34-32(48)30(46)29(45)24(52-34)20-51-33-31(47)28(44)23(42)19-50-33)17-15-39(6)21(22(41)18-36)8-9-26-38(5)12-11-27(43)37(3,4)25(38)10-13-40(26,39)7/h8,22-34,42-48H,9-20H2,1-7H3. The van der Waals surface area contributed by atoms with E-state index < -0.39 is 73.3 Å². The zero-order valence-corrected chi connectivity index (χ0v) is 32.7. The van der Waals surface area contributed by atoms with Gasteiger partial charge in [-0.1, -0.05) is 60.1 Å². The lowest BCUT2D eigenvalue weighted by Gasteiger charge is -2.71. The molecule has 0 spiro atoms. The molecule has 0 amide bonds. The molecule has 0 bridgehead atoms. The van der Waals surface area contributed by atoms with Crippen molar-refractivity contribution in [3.63, 3.8) is 0 Å². The molecule has 2 aliphatic heterocycles. The van der Waals surface area contributed by atoms with Gasteiger partial charge in [-0.25, -0.2) is 0 Å². The van der Waals surface area contributed by atoms with E-state index in [1.54, 1.807) is 0 Å². The summed E-state index contributed by atoms with van der Waals surface area (Å²) in [6.07, 6.45) is -2.77. The molecule has 17 unspecified atom stereocenters. The summed E-state index contributed by atoms with van der Waals surface area (Å²) < 4.78 is 22.9. The van der Waals surface area contributed by atoms with Gasteiger partial charge in [-0.15, -0.1) is 0 Å². The molecule has 7 N–H and O–H groups in total. The lowest BCUT2D eigenvalue weighted by Crippen LogP contribution is -2.65. The van der Waals surface area contributed by atoms with Crippen molar-refractivity contribution >= 4 is 5.97 Å². The van der Waals surface area contributed by atoms with Gasteiger partial charge in [-0.2, -0.15) is 0 Å². The lowest BCUT2D eigenvalue weighted by molar-refractivity contribution is -0.317. The van der Waals surface area contributed by atoms with Crippen LogP contribution in [0.1, 0.15) is 113 Å². The second kappa shape index (κ2) is 13.5. The third kappa shape index (κ3) is 6.02. The van der Waals surface area contributed by atoms with Crippen molar-refractivity contribution in [3.05, 3.63) is 11.6 Å². The molecule has 7 aliphatic rings. The minimum Gasteiger partial charge on any atom is -0.432 e. The highest BCUT2D eigenvalue weighted by Crippen LogP contribution is 2.76. The van der Waals surface area contributed by atoms with Crippen LogP contribution in [0, 0.1) is 50.2 Å². The molecule has 2 heterocycles. The maximum atomic E-state index is 14.7. The van der Waals surface area contributed by atoms with Crippen molar-refractivity contribution in [2.75, 3.05) is 13.2 Å². The first-order valence-corrected chi connectivity index (χ1v) is 20.2. The van der Waals surface area contributed by atoms with Gasteiger partial charge in [0.15, 0.2) is 6.29 Å². The largest absolute Gasteiger partial charge is 0.432 e. The minimum absolute atomic E-state index is 0.00255. The molecule has 0 aromatic heterocycles. The first-order valence-electron chi connectivity index (χ1n) is 20.2. The van der Waals surface area contributed by atoms with Crippen molar-refractivity contribution in [1.82, 2.24) is 0 Å². The summed E-state index contributed by atoms with van der Waals surface area (Å²) in [4.78, 5) is 14.7. The normalized spacial score (nSPS) is 53.2. The second-order valence-electron chi connectivity index (χ2n) is 20.3. The summed E-state index contributed by atoms with van der Waals surface area (Å²) in [6.45, 7) is 15.8. The van der Waals surface area contributed by atoms with Crippen molar-refractivity contribution in [3.8, 4) is 0 Å². The molecule has 302 valence electrons. The highest BCUT2D eigenvalue weighted by atomic mass is 16.7. The minimum atomic E-state index is -1.72. The lowest BCUT2D eigenvalue weighted by atomic mass is 9.33. The number of fused-ring (bicyclic) bond motifs is 7. The van der Waals surface area contributed by atoms with E-state index in [-0.39, 0.29) is 45.7 Å². The van der Waals surface area contributed by atoms with Crippen LogP contribution in [0.3, 0.4) is 0 Å². The zero-order valence-electron chi connectivity index (χ0n) is 32.7. The summed E-state index contributed by atoms with van der Waals surface area (Å²) in [5, 5.41) is 73.9. The van der Waals surface area contributed by atoms with Crippen LogP contribution in [0.5, 0.6) is 0 Å². The molecule has 12 heteroatoms. The van der Waals surface area contributed by atoms with Gasteiger partial charge in [-0.05, 0) is 109 Å². The number of esters is 1. The number of allylic oxidation sites excluding steroid dienone is 2. The summed E-state index contributed by atoms with van der Waals surface area (Å²) in [7, 11) is 0. The zero-order chi connectivity index (χ0) is 38.7. The van der Waals surface area contributed by atoms with Crippen LogP contribution >= 0.6 is 0 Å². The Morgan fingerprint density at radius 2 is 1.45 bits per heavy atom. The Labute approximate surface area is 314 Å². The number of aliphatic hydroxyl groups is 7. The Morgan fingerprint density at radius 1 is 0.774 bits per heavy atom. The molecule has 6 fully saturated rings. The van der Waals surface area contributed by atoms with Crippen molar-refractivity contribution in [2.24, 2.45) is 50.2 Å². The number of hydrogen-bond donors (Lipinski definition) is 7. The highest BCUT2D eigenvalue weighted by molar-refractivity contribution is 5.79. The van der Waals surface area contributed by atoms with Gasteiger partial charge in [0, 0.05) is 0 Å². The summed E-state index contributed by atoms with van der Waals surface area (Å²) in [5.41, 5.74) is 0.336. The summed E-state index contributed by atoms with van der Waals surface area (Å²) in [6, 6.07) is 0. The van der Waals surface area contributed by atoms with E-state index >= 15 is 0 Å². The molecule has 17 atom stereocenters. The third-order valence-corrected chi connectivity index (χ3v) is 16.8. The van der Waals surface area contributed by atoms with Gasteiger partial charge in [0.25, 0.3) is 0 Å². The Morgan fingerprint density at radius 3 is 2.17 bits per heavy atom. The van der Waals surface area contributed by atoms with Gasteiger partial charge in [0.05, 0.1) is 24.7 Å². The van der Waals surface area contributed by atoms with E-state index in [0.29, 0.717) is 24.7 Å². The number of aliphatic hydroxyl groups excluding tert-OH is 7. The summed E-state index contributed by atoms with van der Waals surface area (Å²) in [5.74, 6) is 0.345. The van der Waals surface area contributed by atoms with E-state index in [1.165, 1.54) is 5.57 Å². The number of carbonyl (C=O) groups excluding carboxylic acids is 1. The molecular formula is C41H66O12. The summed E-state index contributed by atoms with van der Waals surface area (Å²) >= 11 is 0. The fourth-order valence-corrected chi connectivity index (χ4v) is 13.1. The molecule has 12 nitrogen and oxygen atoms in total. The Hall–Kier alpha value is -1.19. The fraction of sp³-hybridized carbons (Fsp3) is 0.927. The highest BCUT2D eigenvalue weighted by Gasteiger charge is 2.69. The molecule has 53 heavy (non-hydrogen) atoms. The van der Waals surface area contributed by atoms with E-state index in [2.05, 4.69) is 54.5 Å². The van der Waals surface area contributed by atoms with Gasteiger partial charge in [-0.3, -0.25) is 4.79 Å². The van der Waals surface area contributed by atoms with Crippen LogP contribution in [0.15, 0.2) is 11.6 Å². The topological polar surface area (TPSA) is 196 Å². The first-order chi connectivity index (χ1) is 24.6. The predicted octanol–water partition coefficient (Wildman–Crippen LogP) is 2.96. The van der Waals surface area contributed by atoms with Gasteiger partial charge in [0.2, 0.25) is 6.29 Å². The maximum absolute atomic E-state index is 14.7. The SMILES string of the molecule is CC1(C)CCC2(C(=O)OC3OC(COC4OCC(O)C(O)C4O)C(O)C(O)C3O)CCC3(C)C(=CCC4C5(C)CCC(O)C(C)(C)C5CCC43C)C2C1. The van der Waals surface area contributed by atoms with Crippen molar-refractivity contribution in [1.29, 1.82) is 0 Å². The molecule has 0 aromatic rings. The number of rotatable bonds is 5. The molecule has 7 rings (SSSR count). The second-order valence-corrected chi connectivity index (χ2v) is 20.3. The Balaban J connectivity index is 1.14. The van der Waals surface area contributed by atoms with Gasteiger partial charge in [0.1, 0.15) is 42.7 Å². The third-order valence-electron chi connectivity index (χ3n) is 16.8. The first kappa shape index (κ1) is 40.0. The van der Waals surface area contributed by atoms with Gasteiger partial charge < -0.3 is 54.7 Å². The number of carbonyl (C=O) groups is 1. The van der Waals surface area contributed by atoms with Crippen molar-refractivity contribution in [2.45, 2.75) is 174 Å². The van der Waals surface area contributed by atoms with Crippen LogP contribution < -0.4 is 0 Å². The van der Waals surface area contributed by atoms with Crippen LogP contribution in [0.2, 0.25) is 0 Å². The van der Waals surface area contributed by atoms with E-state index in [4.69, 9.17) is 18.9 Å². The quantitative estimate of drug-likeness (QED) is 0.161. The van der Waals surface area contributed by atoms with E-state index in [0.717, 1.165) is 51.4 Å². The predicted molar refractivity (Wildman–Crippen MR) is 192 cm³/mol. The average Bonchev–Trinajstić information content (AvgIpc) is 3.09. The molecule has 0 aromatic carbocycles. The monoisotopic (exact) mass is 750 g/mol. The van der Waals surface area contributed by atoms with Crippen LogP contribution in [0.25, 0.3) is 0 Å². The van der Waals surface area contributed by atoms with Crippen LogP contribution in [-0.2, 0) is 23.7 Å². The fourth-order valence-electron chi connectivity index (χ4n) is 13.1. The molecule has 5 aliphatic carbocycles. The van der Waals surface area contributed by atoms with Gasteiger partial charge >= 0.3 is 5.97 Å². The molecule has 0 radical (unpaired) electrons. The van der Waals surface area contributed by atoms with E-state index in [9.17, 15) is 40.5 Å². The molecule has 4 saturated carbocycles. The van der Waals surface area contributed by atoms with Crippen LogP contribution in [0.4, 0.5) is 0 Å². The Bertz CT molecular complexity index is 1430. The van der Waals surface area contributed by atoms with E-state index in [1.807, 2.05) is 0 Å². The smallest absolute Gasteiger partial charge is 0.315 e. The van der Waals surface area contributed by atoms with Crippen molar-refractivity contribution < 1.29 is 59.5 Å². The average molecular weight is 751 g/mol. The maximum Gasteiger partial charge on any atom is 0.315 e. The number of ether oxygens (including phenoxy) is 4.